The molecule has 3 atom stereocenters. The zero-order chi connectivity index (χ0) is 23.5. The quantitative estimate of drug-likeness (QED) is 0.431. The Balaban J connectivity index is 1.55. The van der Waals surface area contributed by atoms with Crippen LogP contribution in [0, 0.1) is 11.8 Å². The van der Waals surface area contributed by atoms with E-state index in [1.165, 1.54) is 0 Å². The number of rotatable bonds is 8. The summed E-state index contributed by atoms with van der Waals surface area (Å²) in [7, 11) is 1.69. The Bertz CT molecular complexity index is 1150. The number of amides is 1. The summed E-state index contributed by atoms with van der Waals surface area (Å²) in [5.41, 5.74) is 1.90. The van der Waals surface area contributed by atoms with Gasteiger partial charge in [-0.05, 0) is 41.8 Å². The number of methoxy groups -OCH3 is 1. The second-order valence-corrected chi connectivity index (χ2v) is 9.82. The Kier molecular flexibility index (Phi) is 7.31. The van der Waals surface area contributed by atoms with Gasteiger partial charge in [0, 0.05) is 23.5 Å². The van der Waals surface area contributed by atoms with Gasteiger partial charge >= 0.3 is 6.09 Å². The molecule has 2 N–H and O–H groups in total. The molecule has 1 aliphatic heterocycles. The van der Waals surface area contributed by atoms with Crippen LogP contribution in [0.5, 0.6) is 0 Å². The van der Waals surface area contributed by atoms with Gasteiger partial charge in [0.1, 0.15) is 18.8 Å². The molecule has 1 aromatic heterocycles. The van der Waals surface area contributed by atoms with E-state index < -0.39 is 12.1 Å². The minimum absolute atomic E-state index is 0.00772. The van der Waals surface area contributed by atoms with Crippen LogP contribution in [0.15, 0.2) is 34.8 Å². The Labute approximate surface area is 201 Å². The van der Waals surface area contributed by atoms with E-state index in [9.17, 15) is 9.59 Å². The van der Waals surface area contributed by atoms with Crippen molar-refractivity contribution in [3.63, 3.8) is 0 Å². The number of ether oxygens (including phenoxy) is 2. The number of nitrogens with zero attached hydrogens (tertiary/aromatic N) is 2. The fraction of sp³-hybridized carbons (Fsp3) is 0.458. The van der Waals surface area contributed by atoms with Crippen molar-refractivity contribution >= 4 is 50.1 Å². The number of alkyl carbamates (subject to hydrolysis) is 1. The van der Waals surface area contributed by atoms with Gasteiger partial charge in [-0.3, -0.25) is 4.90 Å². The molecule has 0 radical (unpaired) electrons. The summed E-state index contributed by atoms with van der Waals surface area (Å²) in [6.45, 7) is 5.18. The molecule has 3 aromatic rings. The summed E-state index contributed by atoms with van der Waals surface area (Å²) in [6.07, 6.45) is 0.970. The molecule has 1 aliphatic rings. The summed E-state index contributed by atoms with van der Waals surface area (Å²) in [6, 6.07) is 9.68. The van der Waals surface area contributed by atoms with Gasteiger partial charge in [-0.25, -0.2) is 9.78 Å². The molecular formula is C24H29BrN4O4. The Morgan fingerprint density at radius 1 is 1.36 bits per heavy atom. The SMILES string of the molecule is COC[C@H]1C[C@@H](c2nc3c(ccc4cc(Br)ccc43)[nH]2)N(COC(=O)N[C@H](C=O)C(C)C)C1. The summed E-state index contributed by atoms with van der Waals surface area (Å²) in [5.74, 6) is 1.13. The third-order valence-electron chi connectivity index (χ3n) is 6.17. The number of carbonyl (C=O) groups excluding carboxylic acids is 2. The maximum atomic E-state index is 12.3. The average molecular weight is 517 g/mol. The van der Waals surface area contributed by atoms with Crippen molar-refractivity contribution in [2.24, 2.45) is 11.8 Å². The number of carbonyl (C=O) groups is 2. The van der Waals surface area contributed by atoms with Crippen molar-refractivity contribution in [3.05, 3.63) is 40.6 Å². The molecule has 9 heteroatoms. The molecule has 1 fully saturated rings. The first-order valence-corrected chi connectivity index (χ1v) is 11.9. The van der Waals surface area contributed by atoms with Crippen LogP contribution in [0.3, 0.4) is 0 Å². The first-order valence-electron chi connectivity index (χ1n) is 11.1. The molecule has 0 aliphatic carbocycles. The predicted molar refractivity (Wildman–Crippen MR) is 130 cm³/mol. The number of aldehydes is 1. The van der Waals surface area contributed by atoms with Gasteiger partial charge in [-0.15, -0.1) is 0 Å². The Hall–Kier alpha value is -2.49. The molecule has 1 saturated heterocycles. The topological polar surface area (TPSA) is 96.5 Å². The van der Waals surface area contributed by atoms with Crippen LogP contribution in [0.25, 0.3) is 21.8 Å². The van der Waals surface area contributed by atoms with Crippen LogP contribution >= 0.6 is 15.9 Å². The van der Waals surface area contributed by atoms with Gasteiger partial charge in [0.25, 0.3) is 0 Å². The number of hydrogen-bond donors (Lipinski definition) is 2. The number of fused-ring (bicyclic) bond motifs is 3. The third kappa shape index (κ3) is 5.20. The molecule has 0 saturated carbocycles. The number of imidazole rings is 1. The fourth-order valence-electron chi connectivity index (χ4n) is 4.41. The highest BCUT2D eigenvalue weighted by atomic mass is 79.9. The normalized spacial score (nSPS) is 19.9. The van der Waals surface area contributed by atoms with Gasteiger partial charge in [0.05, 0.1) is 29.7 Å². The lowest BCUT2D eigenvalue weighted by Gasteiger charge is -2.23. The Morgan fingerprint density at radius 2 is 2.18 bits per heavy atom. The van der Waals surface area contributed by atoms with Gasteiger partial charge in [0.15, 0.2) is 0 Å². The van der Waals surface area contributed by atoms with Crippen LogP contribution < -0.4 is 5.32 Å². The molecule has 176 valence electrons. The van der Waals surface area contributed by atoms with Crippen molar-refractivity contribution in [3.8, 4) is 0 Å². The van der Waals surface area contributed by atoms with Crippen molar-refractivity contribution in [1.82, 2.24) is 20.2 Å². The first-order chi connectivity index (χ1) is 15.9. The molecule has 2 aromatic carbocycles. The standard InChI is InChI=1S/C24H29BrN4O4/c1-14(2)20(11-30)27-24(31)33-13-29-10-15(12-32-3)8-21(29)23-26-19-7-4-16-9-17(25)5-6-18(16)22(19)28-23/h4-7,9,11,14-15,20-21H,8,10,12-13H2,1-3H3,(H,26,28)(H,27,31)/t15-,20+,21-/m0/s1. The van der Waals surface area contributed by atoms with Gasteiger partial charge < -0.3 is 24.6 Å². The average Bonchev–Trinajstić information content (AvgIpc) is 3.39. The molecule has 4 rings (SSSR count). The number of hydrogen-bond acceptors (Lipinski definition) is 6. The van der Waals surface area contributed by atoms with Crippen molar-refractivity contribution in [1.29, 1.82) is 0 Å². The third-order valence-corrected chi connectivity index (χ3v) is 6.66. The van der Waals surface area contributed by atoms with E-state index in [2.05, 4.69) is 49.3 Å². The van der Waals surface area contributed by atoms with Crippen LogP contribution in [0.2, 0.25) is 0 Å². The minimum atomic E-state index is -0.601. The lowest BCUT2D eigenvalue weighted by atomic mass is 10.1. The van der Waals surface area contributed by atoms with Gasteiger partial charge in [-0.1, -0.05) is 41.9 Å². The van der Waals surface area contributed by atoms with E-state index in [1.807, 2.05) is 26.0 Å². The lowest BCUT2D eigenvalue weighted by molar-refractivity contribution is -0.110. The lowest BCUT2D eigenvalue weighted by Crippen LogP contribution is -2.41. The second-order valence-electron chi connectivity index (χ2n) is 8.90. The summed E-state index contributed by atoms with van der Waals surface area (Å²) in [4.78, 5) is 34.0. The highest BCUT2D eigenvalue weighted by Gasteiger charge is 2.36. The fourth-order valence-corrected chi connectivity index (χ4v) is 4.79. The zero-order valence-electron chi connectivity index (χ0n) is 19.0. The van der Waals surface area contributed by atoms with E-state index >= 15 is 0 Å². The van der Waals surface area contributed by atoms with E-state index in [1.54, 1.807) is 7.11 Å². The molecule has 2 heterocycles. The molecule has 8 nitrogen and oxygen atoms in total. The van der Waals surface area contributed by atoms with Gasteiger partial charge in [0.2, 0.25) is 0 Å². The molecule has 0 spiro atoms. The number of H-pyrrole nitrogens is 1. The smallest absolute Gasteiger partial charge is 0.409 e. The van der Waals surface area contributed by atoms with Crippen LogP contribution in [0.1, 0.15) is 32.1 Å². The highest BCUT2D eigenvalue weighted by molar-refractivity contribution is 9.10. The monoisotopic (exact) mass is 516 g/mol. The number of benzene rings is 2. The summed E-state index contributed by atoms with van der Waals surface area (Å²) in [5, 5.41) is 4.82. The summed E-state index contributed by atoms with van der Waals surface area (Å²) < 4.78 is 11.9. The molecule has 1 amide bonds. The number of aromatic nitrogens is 2. The molecule has 33 heavy (non-hydrogen) atoms. The van der Waals surface area contributed by atoms with Crippen LogP contribution in [-0.2, 0) is 14.3 Å². The Morgan fingerprint density at radius 3 is 2.91 bits per heavy atom. The van der Waals surface area contributed by atoms with E-state index in [0.717, 1.165) is 51.4 Å². The molecule has 0 bridgehead atoms. The van der Waals surface area contributed by atoms with Crippen molar-refractivity contribution in [2.75, 3.05) is 27.0 Å². The van der Waals surface area contributed by atoms with E-state index in [0.29, 0.717) is 12.5 Å². The van der Waals surface area contributed by atoms with Gasteiger partial charge in [-0.2, -0.15) is 0 Å². The van der Waals surface area contributed by atoms with E-state index in [4.69, 9.17) is 14.5 Å². The second kappa shape index (κ2) is 10.2. The van der Waals surface area contributed by atoms with Crippen LogP contribution in [-0.4, -0.2) is 60.3 Å². The van der Waals surface area contributed by atoms with Crippen LogP contribution in [0.4, 0.5) is 4.79 Å². The zero-order valence-corrected chi connectivity index (χ0v) is 20.6. The predicted octanol–water partition coefficient (Wildman–Crippen LogP) is 4.40. The molecule has 0 unspecified atom stereocenters. The minimum Gasteiger partial charge on any atom is -0.433 e. The number of nitrogens with one attached hydrogen (secondary N) is 2. The maximum absolute atomic E-state index is 12.3. The first kappa shape index (κ1) is 23.7. The number of aromatic amines is 1. The number of halogens is 1. The summed E-state index contributed by atoms with van der Waals surface area (Å²) >= 11 is 3.53. The largest absolute Gasteiger partial charge is 0.433 e. The van der Waals surface area contributed by atoms with Crippen molar-refractivity contribution < 1.29 is 19.1 Å². The number of likely N-dealkylation sites (tertiary alicyclic amines) is 1. The highest BCUT2D eigenvalue weighted by Crippen LogP contribution is 2.36. The van der Waals surface area contributed by atoms with Crippen molar-refractivity contribution in [2.45, 2.75) is 32.4 Å². The molecular weight excluding hydrogens is 488 g/mol. The maximum Gasteiger partial charge on any atom is 0.409 e. The van der Waals surface area contributed by atoms with E-state index in [-0.39, 0.29) is 18.7 Å².